The van der Waals surface area contributed by atoms with Gasteiger partial charge in [-0.25, -0.2) is 0 Å². The number of ether oxygens (including phenoxy) is 3. The minimum atomic E-state index is -0.0502. The van der Waals surface area contributed by atoms with E-state index in [-0.39, 0.29) is 24.3 Å². The van der Waals surface area contributed by atoms with Crippen LogP contribution in [0.1, 0.15) is 56.3 Å². The third kappa shape index (κ3) is 5.66. The van der Waals surface area contributed by atoms with Gasteiger partial charge in [0.25, 0.3) is 0 Å². The normalized spacial score (nSPS) is 12.0. The van der Waals surface area contributed by atoms with Crippen LogP contribution < -0.4 is 19.5 Å². The number of methoxy groups -OCH3 is 3. The molecule has 0 saturated heterocycles. The van der Waals surface area contributed by atoms with Crippen molar-refractivity contribution < 1.29 is 19.0 Å². The van der Waals surface area contributed by atoms with Crippen LogP contribution in [0.5, 0.6) is 17.2 Å². The van der Waals surface area contributed by atoms with Gasteiger partial charge in [0, 0.05) is 0 Å². The Morgan fingerprint density at radius 3 is 1.79 bits per heavy atom. The number of carbonyl (C=O) groups excluding carboxylic acids is 1. The molecule has 2 aromatic carbocycles. The van der Waals surface area contributed by atoms with Crippen molar-refractivity contribution in [2.45, 2.75) is 46.1 Å². The highest BCUT2D eigenvalue weighted by Gasteiger charge is 2.20. The second kappa shape index (κ2) is 10.2. The molecule has 0 aliphatic rings. The minimum Gasteiger partial charge on any atom is -0.493 e. The molecule has 1 amide bonds. The van der Waals surface area contributed by atoms with Crippen molar-refractivity contribution in [1.82, 2.24) is 5.32 Å². The zero-order valence-corrected chi connectivity index (χ0v) is 18.5. The average molecular weight is 400 g/mol. The van der Waals surface area contributed by atoms with E-state index in [9.17, 15) is 4.79 Å². The molecule has 158 valence electrons. The van der Waals surface area contributed by atoms with Crippen LogP contribution in [0.15, 0.2) is 36.4 Å². The molecule has 5 nitrogen and oxygen atoms in total. The molecule has 0 spiro atoms. The quantitative estimate of drug-likeness (QED) is 0.652. The number of rotatable bonds is 9. The molecule has 0 heterocycles. The molecule has 2 aromatic rings. The Hall–Kier alpha value is -2.69. The summed E-state index contributed by atoms with van der Waals surface area (Å²) >= 11 is 0. The molecule has 1 unspecified atom stereocenters. The molecule has 0 aliphatic carbocycles. The lowest BCUT2D eigenvalue weighted by molar-refractivity contribution is -0.121. The first-order valence-corrected chi connectivity index (χ1v) is 9.98. The van der Waals surface area contributed by atoms with Gasteiger partial charge < -0.3 is 19.5 Å². The maximum absolute atomic E-state index is 12.8. The number of hydrogen-bond donors (Lipinski definition) is 1. The van der Waals surface area contributed by atoms with E-state index in [0.29, 0.717) is 23.2 Å². The topological polar surface area (TPSA) is 56.8 Å². The highest BCUT2D eigenvalue weighted by atomic mass is 16.5. The summed E-state index contributed by atoms with van der Waals surface area (Å²) in [5.74, 6) is 2.30. The van der Waals surface area contributed by atoms with E-state index in [0.717, 1.165) is 11.1 Å². The lowest BCUT2D eigenvalue weighted by atomic mass is 9.93. The van der Waals surface area contributed by atoms with Crippen LogP contribution in [0, 0.1) is 5.92 Å². The smallest absolute Gasteiger partial charge is 0.224 e. The Labute approximate surface area is 174 Å². The van der Waals surface area contributed by atoms with Crippen molar-refractivity contribution in [1.29, 1.82) is 0 Å². The Bertz CT molecular complexity index is 787. The average Bonchev–Trinajstić information content (AvgIpc) is 2.71. The molecular weight excluding hydrogens is 366 g/mol. The fourth-order valence-electron chi connectivity index (χ4n) is 3.37. The van der Waals surface area contributed by atoms with Gasteiger partial charge in [0.2, 0.25) is 11.7 Å². The Morgan fingerprint density at radius 1 is 0.862 bits per heavy atom. The van der Waals surface area contributed by atoms with E-state index in [4.69, 9.17) is 14.2 Å². The van der Waals surface area contributed by atoms with E-state index in [1.165, 1.54) is 5.56 Å². The zero-order valence-electron chi connectivity index (χ0n) is 18.5. The molecule has 2 rings (SSSR count). The van der Waals surface area contributed by atoms with Crippen molar-refractivity contribution in [2.75, 3.05) is 21.3 Å². The van der Waals surface area contributed by atoms with Gasteiger partial charge in [-0.2, -0.15) is 0 Å². The molecule has 1 atom stereocenters. The van der Waals surface area contributed by atoms with Gasteiger partial charge in [-0.3, -0.25) is 4.79 Å². The van der Waals surface area contributed by atoms with E-state index >= 15 is 0 Å². The molecule has 0 aromatic heterocycles. The Kier molecular flexibility index (Phi) is 7.94. The molecule has 0 aliphatic heterocycles. The van der Waals surface area contributed by atoms with Crippen LogP contribution in [0.4, 0.5) is 0 Å². The molecule has 5 heteroatoms. The predicted molar refractivity (Wildman–Crippen MR) is 116 cm³/mol. The maximum atomic E-state index is 12.8. The van der Waals surface area contributed by atoms with Gasteiger partial charge in [-0.05, 0) is 40.7 Å². The largest absolute Gasteiger partial charge is 0.493 e. The van der Waals surface area contributed by atoms with Gasteiger partial charge in [-0.15, -0.1) is 0 Å². The van der Waals surface area contributed by atoms with Crippen LogP contribution in [0.2, 0.25) is 0 Å². The van der Waals surface area contributed by atoms with Gasteiger partial charge in [0.05, 0.1) is 33.8 Å². The number of nitrogens with one attached hydrogen (secondary N) is 1. The first-order chi connectivity index (χ1) is 13.8. The Morgan fingerprint density at radius 2 is 1.38 bits per heavy atom. The van der Waals surface area contributed by atoms with E-state index in [2.05, 4.69) is 57.3 Å². The molecule has 0 bridgehead atoms. The number of amides is 1. The second-order valence-electron chi connectivity index (χ2n) is 7.82. The van der Waals surface area contributed by atoms with Crippen molar-refractivity contribution in [3.05, 3.63) is 53.1 Å². The van der Waals surface area contributed by atoms with Crippen LogP contribution in [-0.4, -0.2) is 27.2 Å². The van der Waals surface area contributed by atoms with Crippen LogP contribution in [0.25, 0.3) is 0 Å². The first kappa shape index (κ1) is 22.6. The van der Waals surface area contributed by atoms with E-state index in [1.54, 1.807) is 21.3 Å². The van der Waals surface area contributed by atoms with E-state index in [1.807, 2.05) is 12.1 Å². The summed E-state index contributed by atoms with van der Waals surface area (Å²) in [5.41, 5.74) is 3.21. The maximum Gasteiger partial charge on any atom is 0.224 e. The lowest BCUT2D eigenvalue weighted by Gasteiger charge is -2.24. The number of hydrogen-bond acceptors (Lipinski definition) is 4. The van der Waals surface area contributed by atoms with Gasteiger partial charge in [0.1, 0.15) is 0 Å². The highest BCUT2D eigenvalue weighted by Crippen LogP contribution is 2.38. The summed E-state index contributed by atoms with van der Waals surface area (Å²) in [6.45, 7) is 8.57. The fourth-order valence-corrected chi connectivity index (χ4v) is 3.37. The predicted octanol–water partition coefficient (Wildman–Crippen LogP) is 4.89. The summed E-state index contributed by atoms with van der Waals surface area (Å²) in [5, 5.41) is 3.18. The number of carbonyl (C=O) groups is 1. The van der Waals surface area contributed by atoms with Crippen LogP contribution in [0.3, 0.4) is 0 Å². The van der Waals surface area contributed by atoms with Crippen molar-refractivity contribution >= 4 is 5.91 Å². The summed E-state index contributed by atoms with van der Waals surface area (Å²) in [4.78, 5) is 12.8. The second-order valence-corrected chi connectivity index (χ2v) is 7.82. The highest BCUT2D eigenvalue weighted by molar-refractivity contribution is 5.79. The van der Waals surface area contributed by atoms with Crippen molar-refractivity contribution in [2.24, 2.45) is 5.92 Å². The first-order valence-electron chi connectivity index (χ1n) is 9.98. The summed E-state index contributed by atoms with van der Waals surface area (Å²) in [6.07, 6.45) is 0.226. The minimum absolute atomic E-state index is 0.0501. The monoisotopic (exact) mass is 399 g/mol. The molecule has 0 radical (unpaired) electrons. The summed E-state index contributed by atoms with van der Waals surface area (Å²) < 4.78 is 16.1. The van der Waals surface area contributed by atoms with Gasteiger partial charge in [0.15, 0.2) is 11.5 Å². The SMILES string of the molecule is COc1cc(CC(=O)NC(c2ccc(C(C)C)cc2)C(C)C)cc(OC)c1OC. The third-order valence-electron chi connectivity index (χ3n) is 5.03. The molecular formula is C24H33NO4. The summed E-state index contributed by atoms with van der Waals surface area (Å²) in [6, 6.07) is 12.1. The van der Waals surface area contributed by atoms with Crippen LogP contribution in [-0.2, 0) is 11.2 Å². The van der Waals surface area contributed by atoms with Crippen molar-refractivity contribution in [3.8, 4) is 17.2 Å². The molecule has 29 heavy (non-hydrogen) atoms. The van der Waals surface area contributed by atoms with Crippen LogP contribution >= 0.6 is 0 Å². The molecule has 1 N–H and O–H groups in total. The number of benzene rings is 2. The fraction of sp³-hybridized carbons (Fsp3) is 0.458. The third-order valence-corrected chi connectivity index (χ3v) is 5.03. The lowest BCUT2D eigenvalue weighted by Crippen LogP contribution is -2.32. The zero-order chi connectivity index (χ0) is 21.6. The molecule has 0 saturated carbocycles. The standard InChI is InChI=1S/C24H33NO4/c1-15(2)18-8-10-19(11-9-18)23(16(3)4)25-22(26)14-17-12-20(27-5)24(29-7)21(13-17)28-6/h8-13,15-16,23H,14H2,1-7H3,(H,25,26). The van der Waals surface area contributed by atoms with E-state index < -0.39 is 0 Å². The van der Waals surface area contributed by atoms with Crippen molar-refractivity contribution in [3.63, 3.8) is 0 Å². The van der Waals surface area contributed by atoms with Gasteiger partial charge in [-0.1, -0.05) is 52.0 Å². The Balaban J connectivity index is 2.19. The van der Waals surface area contributed by atoms with Gasteiger partial charge >= 0.3 is 0 Å². The molecule has 0 fully saturated rings. The summed E-state index contributed by atoms with van der Waals surface area (Å²) in [7, 11) is 4.69.